The van der Waals surface area contributed by atoms with Crippen molar-refractivity contribution in [1.82, 2.24) is 4.90 Å². The Labute approximate surface area is 101 Å². The number of carbonyl (C=O) groups excluding carboxylic acids is 1. The molecular weight excluding hydrogens is 221 g/mol. The van der Waals surface area contributed by atoms with Crippen LogP contribution in [-0.4, -0.2) is 29.5 Å². The largest absolute Gasteiger partial charge is 0.507 e. The number of phenolic OH excluding ortho intramolecular Hbond substituents is 1. The van der Waals surface area contributed by atoms with E-state index in [9.17, 15) is 14.3 Å². The van der Waals surface area contributed by atoms with Gasteiger partial charge < -0.3 is 10.0 Å². The molecular formula is C13H18FNO2. The first-order chi connectivity index (χ1) is 7.91. The molecule has 1 aromatic rings. The second-order valence-corrected chi connectivity index (χ2v) is 4.57. The molecule has 0 saturated heterocycles. The minimum Gasteiger partial charge on any atom is -0.507 e. The zero-order valence-corrected chi connectivity index (χ0v) is 10.4. The smallest absolute Gasteiger partial charge is 0.257 e. The van der Waals surface area contributed by atoms with Crippen LogP contribution in [0.5, 0.6) is 5.75 Å². The van der Waals surface area contributed by atoms with Gasteiger partial charge in [-0.1, -0.05) is 13.8 Å². The Morgan fingerprint density at radius 3 is 2.65 bits per heavy atom. The molecule has 0 unspecified atom stereocenters. The number of hydrogen-bond donors (Lipinski definition) is 1. The van der Waals surface area contributed by atoms with Gasteiger partial charge in [0.25, 0.3) is 5.91 Å². The molecule has 0 aliphatic carbocycles. The van der Waals surface area contributed by atoms with Crippen LogP contribution in [-0.2, 0) is 0 Å². The Morgan fingerprint density at radius 1 is 1.47 bits per heavy atom. The van der Waals surface area contributed by atoms with Crippen molar-refractivity contribution in [2.24, 2.45) is 5.92 Å². The van der Waals surface area contributed by atoms with Crippen LogP contribution in [0.25, 0.3) is 0 Å². The molecule has 0 saturated carbocycles. The molecule has 1 N–H and O–H groups in total. The maximum Gasteiger partial charge on any atom is 0.257 e. The third kappa shape index (κ3) is 3.73. The third-order valence-electron chi connectivity index (χ3n) is 2.58. The van der Waals surface area contributed by atoms with E-state index in [1.54, 1.807) is 7.05 Å². The molecule has 1 amide bonds. The number of carbonyl (C=O) groups is 1. The number of benzene rings is 1. The molecule has 94 valence electrons. The van der Waals surface area contributed by atoms with E-state index in [0.717, 1.165) is 12.5 Å². The predicted molar refractivity (Wildman–Crippen MR) is 64.5 cm³/mol. The van der Waals surface area contributed by atoms with Crippen LogP contribution in [0, 0.1) is 11.7 Å². The minimum atomic E-state index is -0.552. The topological polar surface area (TPSA) is 40.5 Å². The van der Waals surface area contributed by atoms with E-state index >= 15 is 0 Å². The summed E-state index contributed by atoms with van der Waals surface area (Å²) in [5, 5.41) is 9.50. The average molecular weight is 239 g/mol. The number of phenols is 1. The van der Waals surface area contributed by atoms with Crippen molar-refractivity contribution in [3.8, 4) is 5.75 Å². The second-order valence-electron chi connectivity index (χ2n) is 4.57. The second kappa shape index (κ2) is 5.66. The van der Waals surface area contributed by atoms with Gasteiger partial charge in [0.05, 0.1) is 5.56 Å². The molecule has 0 radical (unpaired) electrons. The highest BCUT2D eigenvalue weighted by Gasteiger charge is 2.16. The summed E-state index contributed by atoms with van der Waals surface area (Å²) >= 11 is 0. The molecule has 0 aliphatic heterocycles. The number of hydrogen-bond acceptors (Lipinski definition) is 2. The van der Waals surface area contributed by atoms with Crippen LogP contribution in [0.15, 0.2) is 18.2 Å². The van der Waals surface area contributed by atoms with Gasteiger partial charge in [-0.15, -0.1) is 0 Å². The zero-order chi connectivity index (χ0) is 13.0. The van der Waals surface area contributed by atoms with E-state index in [-0.39, 0.29) is 17.2 Å². The summed E-state index contributed by atoms with van der Waals surface area (Å²) in [6.07, 6.45) is 0.893. The molecule has 1 rings (SSSR count). The highest BCUT2D eigenvalue weighted by molar-refractivity contribution is 5.96. The average Bonchev–Trinajstić information content (AvgIpc) is 2.25. The van der Waals surface area contributed by atoms with Crippen LogP contribution in [0.1, 0.15) is 30.6 Å². The lowest BCUT2D eigenvalue weighted by atomic mass is 10.1. The lowest BCUT2D eigenvalue weighted by Crippen LogP contribution is -2.28. The molecule has 0 bridgehead atoms. The van der Waals surface area contributed by atoms with E-state index in [1.807, 2.05) is 0 Å². The van der Waals surface area contributed by atoms with Gasteiger partial charge in [0.15, 0.2) is 0 Å². The van der Waals surface area contributed by atoms with E-state index in [2.05, 4.69) is 13.8 Å². The molecule has 3 nitrogen and oxygen atoms in total. The van der Waals surface area contributed by atoms with Crippen molar-refractivity contribution < 1.29 is 14.3 Å². The summed E-state index contributed by atoms with van der Waals surface area (Å²) in [4.78, 5) is 13.5. The zero-order valence-electron chi connectivity index (χ0n) is 10.4. The van der Waals surface area contributed by atoms with Gasteiger partial charge in [0, 0.05) is 19.7 Å². The number of amides is 1. The summed E-state index contributed by atoms with van der Waals surface area (Å²) < 4.78 is 12.8. The summed E-state index contributed by atoms with van der Waals surface area (Å²) in [6, 6.07) is 3.42. The fraction of sp³-hybridized carbons (Fsp3) is 0.462. The first-order valence-corrected chi connectivity index (χ1v) is 5.65. The lowest BCUT2D eigenvalue weighted by Gasteiger charge is -2.18. The van der Waals surface area contributed by atoms with Gasteiger partial charge in [-0.3, -0.25) is 4.79 Å². The lowest BCUT2D eigenvalue weighted by molar-refractivity contribution is 0.0786. The van der Waals surface area contributed by atoms with Crippen molar-refractivity contribution in [2.75, 3.05) is 13.6 Å². The van der Waals surface area contributed by atoms with Crippen LogP contribution in [0.2, 0.25) is 0 Å². The number of nitrogens with zero attached hydrogens (tertiary/aromatic N) is 1. The Bertz CT molecular complexity index is 404. The molecule has 0 atom stereocenters. The quantitative estimate of drug-likeness (QED) is 0.877. The van der Waals surface area contributed by atoms with Crippen molar-refractivity contribution >= 4 is 5.91 Å². The maximum atomic E-state index is 12.8. The van der Waals surface area contributed by atoms with Gasteiger partial charge in [-0.05, 0) is 24.5 Å². The van der Waals surface area contributed by atoms with Gasteiger partial charge in [0.2, 0.25) is 0 Å². The van der Waals surface area contributed by atoms with Crippen LogP contribution >= 0.6 is 0 Å². The van der Waals surface area contributed by atoms with E-state index in [4.69, 9.17) is 0 Å². The van der Waals surface area contributed by atoms with E-state index in [1.165, 1.54) is 17.0 Å². The third-order valence-corrected chi connectivity index (χ3v) is 2.58. The Balaban J connectivity index is 2.75. The first kappa shape index (κ1) is 13.5. The Kier molecular flexibility index (Phi) is 4.49. The van der Waals surface area contributed by atoms with Crippen molar-refractivity contribution in [2.45, 2.75) is 20.3 Å². The monoisotopic (exact) mass is 239 g/mol. The van der Waals surface area contributed by atoms with Crippen LogP contribution in [0.4, 0.5) is 4.39 Å². The fourth-order valence-corrected chi connectivity index (χ4v) is 1.44. The first-order valence-electron chi connectivity index (χ1n) is 5.65. The Hall–Kier alpha value is -1.58. The highest BCUT2D eigenvalue weighted by atomic mass is 19.1. The van der Waals surface area contributed by atoms with E-state index < -0.39 is 5.82 Å². The van der Waals surface area contributed by atoms with Crippen molar-refractivity contribution in [3.05, 3.63) is 29.6 Å². The SMILES string of the molecule is CC(C)CCN(C)C(=O)c1ccc(F)cc1O. The summed E-state index contributed by atoms with van der Waals surface area (Å²) in [7, 11) is 1.67. The van der Waals surface area contributed by atoms with Crippen LogP contribution < -0.4 is 0 Å². The Morgan fingerprint density at radius 2 is 2.12 bits per heavy atom. The van der Waals surface area contributed by atoms with Gasteiger partial charge in [-0.25, -0.2) is 4.39 Å². The number of aromatic hydroxyl groups is 1. The van der Waals surface area contributed by atoms with E-state index in [0.29, 0.717) is 12.5 Å². The molecule has 0 aliphatic rings. The van der Waals surface area contributed by atoms with Crippen LogP contribution in [0.3, 0.4) is 0 Å². The summed E-state index contributed by atoms with van der Waals surface area (Å²) in [6.45, 7) is 4.77. The summed E-state index contributed by atoms with van der Waals surface area (Å²) in [5.74, 6) is -0.648. The standard InChI is InChI=1S/C13H18FNO2/c1-9(2)6-7-15(3)13(17)11-5-4-10(14)8-12(11)16/h4-5,8-9,16H,6-7H2,1-3H3. The summed E-state index contributed by atoms with van der Waals surface area (Å²) in [5.41, 5.74) is 0.137. The highest BCUT2D eigenvalue weighted by Crippen LogP contribution is 2.19. The fourth-order valence-electron chi connectivity index (χ4n) is 1.44. The van der Waals surface area contributed by atoms with Crippen molar-refractivity contribution in [1.29, 1.82) is 0 Å². The van der Waals surface area contributed by atoms with Crippen molar-refractivity contribution in [3.63, 3.8) is 0 Å². The molecule has 0 aromatic heterocycles. The maximum absolute atomic E-state index is 12.8. The molecule has 1 aromatic carbocycles. The predicted octanol–water partition coefficient (Wildman–Crippen LogP) is 2.65. The molecule has 4 heteroatoms. The van der Waals surface area contributed by atoms with Gasteiger partial charge in [-0.2, -0.15) is 0 Å². The van der Waals surface area contributed by atoms with Gasteiger partial charge in [0.1, 0.15) is 11.6 Å². The number of halogens is 1. The molecule has 0 spiro atoms. The molecule has 0 heterocycles. The number of rotatable bonds is 4. The van der Waals surface area contributed by atoms with Gasteiger partial charge >= 0.3 is 0 Å². The minimum absolute atomic E-state index is 0.137. The molecule has 17 heavy (non-hydrogen) atoms. The molecule has 0 fully saturated rings. The normalized spacial score (nSPS) is 10.6.